The Kier molecular flexibility index (Phi) is 7.33. The van der Waals surface area contributed by atoms with Crippen molar-refractivity contribution in [3.8, 4) is 11.1 Å². The van der Waals surface area contributed by atoms with E-state index < -0.39 is 0 Å². The third kappa shape index (κ3) is 5.25. The van der Waals surface area contributed by atoms with Crippen molar-refractivity contribution in [2.75, 3.05) is 32.7 Å². The molecule has 4 rings (SSSR count). The standard InChI is InChI=1S/C26H35N5O/c1-4-30(5-2)18-24(32)15-23-14-22-13-20(9-10-21(22)16-27-23)25-17-28-29(3)26(25)19-31-11-7-6-8-12-31/h9-10,13-14,16-17H,4-8,11-12,15,18-19H2,1-3H3. The molecule has 1 fully saturated rings. The Morgan fingerprint density at radius 2 is 1.81 bits per heavy atom. The second-order valence-corrected chi connectivity index (χ2v) is 8.88. The maximum absolute atomic E-state index is 12.5. The largest absolute Gasteiger partial charge is 0.298 e. The Balaban J connectivity index is 1.56. The zero-order valence-corrected chi connectivity index (χ0v) is 19.7. The van der Waals surface area contributed by atoms with Gasteiger partial charge in [0.25, 0.3) is 0 Å². The molecule has 0 atom stereocenters. The van der Waals surface area contributed by atoms with E-state index in [2.05, 4.69) is 58.0 Å². The predicted molar refractivity (Wildman–Crippen MR) is 130 cm³/mol. The van der Waals surface area contributed by atoms with Crippen molar-refractivity contribution in [3.05, 3.63) is 48.0 Å². The molecule has 0 bridgehead atoms. The maximum Gasteiger partial charge on any atom is 0.152 e. The lowest BCUT2D eigenvalue weighted by molar-refractivity contribution is -0.119. The monoisotopic (exact) mass is 433 g/mol. The van der Waals surface area contributed by atoms with Crippen LogP contribution in [0.25, 0.3) is 21.9 Å². The number of Topliss-reactive ketones (excluding diaryl/α,β-unsaturated/α-hetero) is 1. The van der Waals surface area contributed by atoms with Crippen molar-refractivity contribution in [2.24, 2.45) is 7.05 Å². The first-order valence-electron chi connectivity index (χ1n) is 11.9. The summed E-state index contributed by atoms with van der Waals surface area (Å²) in [4.78, 5) is 21.7. The summed E-state index contributed by atoms with van der Waals surface area (Å²) < 4.78 is 2.01. The van der Waals surface area contributed by atoms with Gasteiger partial charge in [-0.05, 0) is 62.1 Å². The van der Waals surface area contributed by atoms with Crippen LogP contribution in [0, 0.1) is 0 Å². The Morgan fingerprint density at radius 1 is 1.03 bits per heavy atom. The van der Waals surface area contributed by atoms with Gasteiger partial charge in [0, 0.05) is 36.4 Å². The smallest absolute Gasteiger partial charge is 0.152 e. The number of fused-ring (bicyclic) bond motifs is 1. The number of hydrogen-bond donors (Lipinski definition) is 0. The third-order valence-corrected chi connectivity index (χ3v) is 6.65. The summed E-state index contributed by atoms with van der Waals surface area (Å²) in [5.41, 5.74) is 4.46. The lowest BCUT2D eigenvalue weighted by Crippen LogP contribution is -2.30. The summed E-state index contributed by atoms with van der Waals surface area (Å²) in [6, 6.07) is 8.56. The highest BCUT2D eigenvalue weighted by Crippen LogP contribution is 2.28. The van der Waals surface area contributed by atoms with E-state index in [-0.39, 0.29) is 5.78 Å². The van der Waals surface area contributed by atoms with E-state index in [4.69, 9.17) is 0 Å². The molecule has 0 saturated carbocycles. The minimum absolute atomic E-state index is 0.216. The average Bonchev–Trinajstić information content (AvgIpc) is 3.17. The van der Waals surface area contributed by atoms with Gasteiger partial charge < -0.3 is 0 Å². The Labute approximate surface area is 191 Å². The normalized spacial score (nSPS) is 15.0. The van der Waals surface area contributed by atoms with Crippen molar-refractivity contribution in [3.63, 3.8) is 0 Å². The molecular formula is C26H35N5O. The van der Waals surface area contributed by atoms with Crippen LogP contribution in [0.15, 0.2) is 36.7 Å². The Hall–Kier alpha value is -2.57. The molecule has 0 amide bonds. The molecule has 3 aromatic rings. The quantitative estimate of drug-likeness (QED) is 0.509. The van der Waals surface area contributed by atoms with E-state index in [1.54, 1.807) is 0 Å². The Morgan fingerprint density at radius 3 is 2.56 bits per heavy atom. The minimum Gasteiger partial charge on any atom is -0.298 e. The van der Waals surface area contributed by atoms with Gasteiger partial charge in [0.15, 0.2) is 5.78 Å². The highest BCUT2D eigenvalue weighted by atomic mass is 16.1. The van der Waals surface area contributed by atoms with E-state index in [0.717, 1.165) is 36.1 Å². The van der Waals surface area contributed by atoms with Gasteiger partial charge in [-0.2, -0.15) is 5.10 Å². The van der Waals surface area contributed by atoms with Crippen molar-refractivity contribution < 1.29 is 4.79 Å². The summed E-state index contributed by atoms with van der Waals surface area (Å²) >= 11 is 0. The number of ketones is 1. The van der Waals surface area contributed by atoms with Crippen molar-refractivity contribution in [1.82, 2.24) is 24.6 Å². The first-order chi connectivity index (χ1) is 15.6. The zero-order chi connectivity index (χ0) is 22.5. The fourth-order valence-electron chi connectivity index (χ4n) is 4.63. The molecule has 0 unspecified atom stereocenters. The predicted octanol–water partition coefficient (Wildman–Crippen LogP) is 4.07. The van der Waals surface area contributed by atoms with Crippen LogP contribution in [0.1, 0.15) is 44.5 Å². The first kappa shape index (κ1) is 22.6. The summed E-state index contributed by atoms with van der Waals surface area (Å²) in [6.45, 7) is 9.71. The van der Waals surface area contributed by atoms with Gasteiger partial charge >= 0.3 is 0 Å². The molecule has 2 aromatic heterocycles. The molecule has 170 valence electrons. The van der Waals surface area contributed by atoms with Crippen LogP contribution in [0.3, 0.4) is 0 Å². The van der Waals surface area contributed by atoms with Crippen molar-refractivity contribution in [1.29, 1.82) is 0 Å². The van der Waals surface area contributed by atoms with E-state index in [9.17, 15) is 4.79 Å². The number of pyridine rings is 1. The van der Waals surface area contributed by atoms with Gasteiger partial charge in [0.1, 0.15) is 0 Å². The van der Waals surface area contributed by atoms with Gasteiger partial charge in [-0.15, -0.1) is 0 Å². The fraction of sp³-hybridized carbons (Fsp3) is 0.500. The highest BCUT2D eigenvalue weighted by molar-refractivity contribution is 5.89. The summed E-state index contributed by atoms with van der Waals surface area (Å²) in [6.07, 6.45) is 8.15. The highest BCUT2D eigenvalue weighted by Gasteiger charge is 2.17. The van der Waals surface area contributed by atoms with Gasteiger partial charge in [0.2, 0.25) is 0 Å². The average molecular weight is 434 g/mol. The molecular weight excluding hydrogens is 398 g/mol. The van der Waals surface area contributed by atoms with Gasteiger partial charge in [-0.25, -0.2) is 0 Å². The number of hydrogen-bond acceptors (Lipinski definition) is 5. The number of carbonyl (C=O) groups excluding carboxylic acids is 1. The van der Waals surface area contributed by atoms with Gasteiger partial charge in [-0.1, -0.05) is 32.4 Å². The Bertz CT molecular complexity index is 1060. The topological polar surface area (TPSA) is 54.3 Å². The van der Waals surface area contributed by atoms with E-state index in [0.29, 0.717) is 13.0 Å². The van der Waals surface area contributed by atoms with Crippen molar-refractivity contribution >= 4 is 16.6 Å². The van der Waals surface area contributed by atoms with Gasteiger partial charge in [-0.3, -0.25) is 24.3 Å². The number of aromatic nitrogens is 3. The van der Waals surface area contributed by atoms with E-state index >= 15 is 0 Å². The fourth-order valence-corrected chi connectivity index (χ4v) is 4.63. The molecule has 1 aliphatic rings. The first-order valence-corrected chi connectivity index (χ1v) is 11.9. The third-order valence-electron chi connectivity index (χ3n) is 6.65. The van der Waals surface area contributed by atoms with Crippen LogP contribution < -0.4 is 0 Å². The number of rotatable bonds is 9. The summed E-state index contributed by atoms with van der Waals surface area (Å²) in [7, 11) is 2.04. The molecule has 32 heavy (non-hydrogen) atoms. The SMILES string of the molecule is CCN(CC)CC(=O)Cc1cc2cc(-c3cnn(C)c3CN3CCCCC3)ccc2cn1. The second-order valence-electron chi connectivity index (χ2n) is 8.88. The number of likely N-dealkylation sites (N-methyl/N-ethyl adjacent to an activating group) is 1. The number of benzene rings is 1. The van der Waals surface area contributed by atoms with Crippen LogP contribution in [-0.2, 0) is 24.8 Å². The molecule has 6 heteroatoms. The van der Waals surface area contributed by atoms with E-state index in [1.165, 1.54) is 49.2 Å². The van der Waals surface area contributed by atoms with E-state index in [1.807, 2.05) is 24.1 Å². The zero-order valence-electron chi connectivity index (χ0n) is 19.7. The molecule has 0 aliphatic carbocycles. The number of carbonyl (C=O) groups is 1. The molecule has 6 nitrogen and oxygen atoms in total. The molecule has 0 spiro atoms. The maximum atomic E-state index is 12.5. The number of nitrogens with zero attached hydrogens (tertiary/aromatic N) is 5. The molecule has 0 N–H and O–H groups in total. The summed E-state index contributed by atoms with van der Waals surface area (Å²) in [5, 5.41) is 6.78. The number of aryl methyl sites for hydroxylation is 1. The van der Waals surface area contributed by atoms with Crippen LogP contribution >= 0.6 is 0 Å². The second kappa shape index (κ2) is 10.4. The number of piperidine rings is 1. The molecule has 1 aliphatic heterocycles. The molecule has 3 heterocycles. The van der Waals surface area contributed by atoms with Crippen LogP contribution in [-0.4, -0.2) is 63.1 Å². The number of likely N-dealkylation sites (tertiary alicyclic amines) is 1. The summed E-state index contributed by atoms with van der Waals surface area (Å²) in [5.74, 6) is 0.216. The van der Waals surface area contributed by atoms with Crippen LogP contribution in [0.2, 0.25) is 0 Å². The lowest BCUT2D eigenvalue weighted by atomic mass is 10.0. The molecule has 1 saturated heterocycles. The molecule has 0 radical (unpaired) electrons. The lowest BCUT2D eigenvalue weighted by Gasteiger charge is -2.26. The van der Waals surface area contributed by atoms with Crippen molar-refractivity contribution in [2.45, 2.75) is 46.1 Å². The molecule has 1 aromatic carbocycles. The van der Waals surface area contributed by atoms with Gasteiger partial charge in [0.05, 0.1) is 24.9 Å². The van der Waals surface area contributed by atoms with Crippen LogP contribution in [0.5, 0.6) is 0 Å². The van der Waals surface area contributed by atoms with Crippen LogP contribution in [0.4, 0.5) is 0 Å². The minimum atomic E-state index is 0.216.